The van der Waals surface area contributed by atoms with Crippen LogP contribution in [0.25, 0.3) is 11.1 Å². The molecule has 0 fully saturated rings. The number of benzene rings is 2. The van der Waals surface area contributed by atoms with Gasteiger partial charge in [-0.25, -0.2) is 18.7 Å². The predicted octanol–water partition coefficient (Wildman–Crippen LogP) is 6.14. The molecule has 3 N–H and O–H groups in total. The van der Waals surface area contributed by atoms with Gasteiger partial charge in [0, 0.05) is 0 Å². The zero-order chi connectivity index (χ0) is 30.1. The van der Waals surface area contributed by atoms with Gasteiger partial charge in [0.05, 0.1) is 25.8 Å². The zero-order valence-corrected chi connectivity index (χ0v) is 25.8. The molecule has 41 heavy (non-hydrogen) atoms. The maximum atomic E-state index is 13.7. The van der Waals surface area contributed by atoms with Crippen molar-refractivity contribution < 1.29 is 28.7 Å². The highest BCUT2D eigenvalue weighted by Gasteiger charge is 2.27. The Morgan fingerprint density at radius 3 is 2.32 bits per heavy atom. The van der Waals surface area contributed by atoms with Gasteiger partial charge in [0.25, 0.3) is 5.91 Å². The van der Waals surface area contributed by atoms with Crippen molar-refractivity contribution in [2.75, 3.05) is 6.61 Å². The second-order valence-corrected chi connectivity index (χ2v) is 14.5. The molecule has 2 aromatic carbocycles. The molecule has 2 amide bonds. The minimum Gasteiger partial charge on any atom is -0.464 e. The predicted molar refractivity (Wildman–Crippen MR) is 159 cm³/mol. The monoisotopic (exact) mass is 599 g/mol. The third-order valence-corrected chi connectivity index (χ3v) is 10.5. The van der Waals surface area contributed by atoms with Gasteiger partial charge in [0.1, 0.15) is 14.8 Å². The summed E-state index contributed by atoms with van der Waals surface area (Å²) in [7, 11) is -3.89. The maximum Gasteiger partial charge on any atom is 0.417 e. The van der Waals surface area contributed by atoms with E-state index in [0.717, 1.165) is 45.6 Å². The SMILES string of the molecule is CC(C)c1cc(-c2ccc3c(c2)CCOC3)cc(C(C)C)c1CC(=O)N=S(=O)(NC(=O)O)c1cnc(C(C)(C)O)s1. The highest BCUT2D eigenvalue weighted by Crippen LogP contribution is 2.36. The number of nitrogens with one attached hydrogen (secondary N) is 1. The second-order valence-electron chi connectivity index (χ2n) is 11.4. The van der Waals surface area contributed by atoms with Crippen LogP contribution in [0, 0.1) is 0 Å². The van der Waals surface area contributed by atoms with Gasteiger partial charge in [-0.15, -0.1) is 15.7 Å². The van der Waals surface area contributed by atoms with Crippen LogP contribution in [0.1, 0.15) is 86.2 Å². The summed E-state index contributed by atoms with van der Waals surface area (Å²) < 4.78 is 25.1. The van der Waals surface area contributed by atoms with E-state index in [0.29, 0.717) is 13.2 Å². The molecule has 1 atom stereocenters. The number of amides is 2. The maximum absolute atomic E-state index is 13.7. The lowest BCUT2D eigenvalue weighted by Gasteiger charge is -2.22. The van der Waals surface area contributed by atoms with Gasteiger partial charge in [-0.05, 0) is 71.0 Å². The van der Waals surface area contributed by atoms with Crippen LogP contribution in [0.2, 0.25) is 0 Å². The molecule has 1 aliphatic heterocycles. The molecule has 0 spiro atoms. The molecule has 2 heterocycles. The number of carboxylic acid groups (broad SMARTS) is 1. The third kappa shape index (κ3) is 7.03. The molecule has 9 nitrogen and oxygen atoms in total. The van der Waals surface area contributed by atoms with Crippen LogP contribution < -0.4 is 4.72 Å². The Morgan fingerprint density at radius 2 is 1.76 bits per heavy atom. The van der Waals surface area contributed by atoms with Crippen molar-refractivity contribution in [2.45, 2.75) is 82.6 Å². The van der Waals surface area contributed by atoms with E-state index < -0.39 is 27.5 Å². The lowest BCUT2D eigenvalue weighted by atomic mass is 9.83. The molecular weight excluding hydrogens is 562 g/mol. The molecule has 220 valence electrons. The molecule has 0 aliphatic carbocycles. The number of rotatable bonds is 8. The molecule has 4 rings (SSSR count). The third-order valence-electron chi connectivity index (χ3n) is 6.94. The van der Waals surface area contributed by atoms with Crippen LogP contribution in [0.3, 0.4) is 0 Å². The van der Waals surface area contributed by atoms with Crippen molar-refractivity contribution in [3.05, 3.63) is 69.4 Å². The van der Waals surface area contributed by atoms with E-state index in [2.05, 4.69) is 67.4 Å². The minimum atomic E-state index is -3.89. The van der Waals surface area contributed by atoms with Gasteiger partial charge >= 0.3 is 6.09 Å². The number of nitrogens with zero attached hydrogens (tertiary/aromatic N) is 2. The number of hydrogen-bond acceptors (Lipinski definition) is 7. The largest absolute Gasteiger partial charge is 0.464 e. The average Bonchev–Trinajstić information content (AvgIpc) is 3.40. The number of ether oxygens (including phenoxy) is 1. The summed E-state index contributed by atoms with van der Waals surface area (Å²) in [4.78, 5) is 29.0. The van der Waals surface area contributed by atoms with Crippen molar-refractivity contribution in [1.29, 1.82) is 0 Å². The molecule has 0 saturated heterocycles. The fourth-order valence-corrected chi connectivity index (χ4v) is 7.49. The Bertz CT molecular complexity index is 1560. The topological polar surface area (TPSA) is 138 Å². The fraction of sp³-hybridized carbons (Fsp3) is 0.433. The van der Waals surface area contributed by atoms with E-state index in [1.165, 1.54) is 31.2 Å². The first kappa shape index (κ1) is 30.8. The molecule has 1 aromatic heterocycles. The van der Waals surface area contributed by atoms with Crippen molar-refractivity contribution in [1.82, 2.24) is 9.71 Å². The molecule has 1 aliphatic rings. The van der Waals surface area contributed by atoms with Crippen molar-refractivity contribution >= 4 is 33.3 Å². The first-order chi connectivity index (χ1) is 19.2. The summed E-state index contributed by atoms with van der Waals surface area (Å²) in [5, 5.41) is 19.9. The molecule has 0 saturated carbocycles. The Kier molecular flexibility index (Phi) is 9.03. The van der Waals surface area contributed by atoms with Gasteiger partial charge in [-0.1, -0.05) is 58.0 Å². The molecule has 3 aromatic rings. The Morgan fingerprint density at radius 1 is 1.10 bits per heavy atom. The number of aromatic nitrogens is 1. The number of aliphatic hydroxyl groups is 1. The summed E-state index contributed by atoms with van der Waals surface area (Å²) in [5.41, 5.74) is 6.07. The molecule has 1 unspecified atom stereocenters. The quantitative estimate of drug-likeness (QED) is 0.283. The fourth-order valence-electron chi connectivity index (χ4n) is 4.90. The number of thiazole rings is 1. The standard InChI is InChI=1S/C30H37N3O6S2/c1-17(2)23-12-22(19-7-8-21-16-39-10-9-20(21)11-19)13-24(18(3)4)25(23)14-26(34)32-41(38,33-29(35)36)27-15-31-28(40-27)30(5,6)37/h7-8,11-13,15,17-18,37H,9-10,14,16H2,1-6H3,(H,35,36)(H,32,33,34,38). The van der Waals surface area contributed by atoms with Gasteiger partial charge in [0.2, 0.25) is 0 Å². The minimum absolute atomic E-state index is 0.0494. The van der Waals surface area contributed by atoms with Gasteiger partial charge in [0.15, 0.2) is 9.92 Å². The smallest absolute Gasteiger partial charge is 0.417 e. The normalized spacial score (nSPS) is 15.0. The van der Waals surface area contributed by atoms with Crippen molar-refractivity contribution in [3.63, 3.8) is 0 Å². The summed E-state index contributed by atoms with van der Waals surface area (Å²) in [6, 6.07) is 10.6. The van der Waals surface area contributed by atoms with Crippen molar-refractivity contribution in [2.24, 2.45) is 4.36 Å². The van der Waals surface area contributed by atoms with Crippen LogP contribution in [0.15, 0.2) is 45.1 Å². The highest BCUT2D eigenvalue weighted by atomic mass is 32.2. The molecular formula is C30H37N3O6S2. The summed E-state index contributed by atoms with van der Waals surface area (Å²) >= 11 is 0.846. The van der Waals surface area contributed by atoms with Gasteiger partial charge < -0.3 is 14.9 Å². The van der Waals surface area contributed by atoms with E-state index in [4.69, 9.17) is 4.74 Å². The summed E-state index contributed by atoms with van der Waals surface area (Å²) in [6.45, 7) is 12.6. The van der Waals surface area contributed by atoms with Crippen LogP contribution >= 0.6 is 11.3 Å². The summed E-state index contributed by atoms with van der Waals surface area (Å²) in [6.07, 6.45) is 0.326. The molecule has 0 radical (unpaired) electrons. The zero-order valence-electron chi connectivity index (χ0n) is 24.2. The number of carbonyl (C=O) groups is 2. The molecule has 0 bridgehead atoms. The van der Waals surface area contributed by atoms with Gasteiger partial charge in [-0.2, -0.15) is 0 Å². The Labute approximate surface area is 245 Å². The lowest BCUT2D eigenvalue weighted by Crippen LogP contribution is -2.29. The van der Waals surface area contributed by atoms with E-state index in [1.54, 1.807) is 0 Å². The molecule has 11 heteroatoms. The second kappa shape index (κ2) is 12.0. The highest BCUT2D eigenvalue weighted by molar-refractivity contribution is 7.94. The van der Waals surface area contributed by atoms with Crippen LogP contribution in [-0.4, -0.2) is 38.0 Å². The van der Waals surface area contributed by atoms with E-state index in [-0.39, 0.29) is 27.5 Å². The van der Waals surface area contributed by atoms with Gasteiger partial charge in [-0.3, -0.25) is 4.79 Å². The first-order valence-corrected chi connectivity index (χ1v) is 15.9. The van der Waals surface area contributed by atoms with Crippen LogP contribution in [-0.2, 0) is 44.5 Å². The van der Waals surface area contributed by atoms with Crippen molar-refractivity contribution in [3.8, 4) is 11.1 Å². The number of fused-ring (bicyclic) bond motifs is 1. The Hall–Kier alpha value is -3.12. The number of hydrogen-bond donors (Lipinski definition) is 3. The Balaban J connectivity index is 1.77. The average molecular weight is 600 g/mol. The van der Waals surface area contributed by atoms with Crippen LogP contribution in [0.5, 0.6) is 0 Å². The van der Waals surface area contributed by atoms with E-state index >= 15 is 0 Å². The summed E-state index contributed by atoms with van der Waals surface area (Å²) in [5.74, 6) is -0.551. The number of carbonyl (C=O) groups excluding carboxylic acids is 1. The lowest BCUT2D eigenvalue weighted by molar-refractivity contribution is -0.117. The van der Waals surface area contributed by atoms with E-state index in [9.17, 15) is 24.0 Å². The first-order valence-electron chi connectivity index (χ1n) is 13.5. The van der Waals surface area contributed by atoms with Crippen LogP contribution in [0.4, 0.5) is 4.79 Å². The van der Waals surface area contributed by atoms with E-state index in [1.807, 2.05) is 4.72 Å².